The van der Waals surface area contributed by atoms with Gasteiger partial charge in [0.05, 0.1) is 30.9 Å². The molecule has 4 nitrogen and oxygen atoms in total. The lowest BCUT2D eigenvalue weighted by atomic mass is 10.0. The smallest absolute Gasteiger partial charge is 0.338 e. The SMILES string of the molecule is COC(=O)c1cc(S)cc(C#N)c1CO. The van der Waals surface area contributed by atoms with Crippen LogP contribution < -0.4 is 0 Å². The molecule has 0 fully saturated rings. The largest absolute Gasteiger partial charge is 0.465 e. The fraction of sp³-hybridized carbons (Fsp3) is 0.200. The molecule has 0 aromatic heterocycles. The zero-order valence-electron chi connectivity index (χ0n) is 8.02. The van der Waals surface area contributed by atoms with Gasteiger partial charge in [-0.25, -0.2) is 4.79 Å². The molecule has 0 spiro atoms. The lowest BCUT2D eigenvalue weighted by Crippen LogP contribution is -2.07. The molecule has 1 aromatic carbocycles. The van der Waals surface area contributed by atoms with Crippen molar-refractivity contribution in [3.63, 3.8) is 0 Å². The number of esters is 1. The summed E-state index contributed by atoms with van der Waals surface area (Å²) in [5, 5.41) is 17.9. The van der Waals surface area contributed by atoms with E-state index in [4.69, 9.17) is 10.4 Å². The van der Waals surface area contributed by atoms with Crippen molar-refractivity contribution in [2.45, 2.75) is 11.5 Å². The minimum atomic E-state index is -0.591. The Morgan fingerprint density at radius 3 is 2.80 bits per heavy atom. The van der Waals surface area contributed by atoms with Crippen LogP contribution in [-0.2, 0) is 11.3 Å². The van der Waals surface area contributed by atoms with Crippen molar-refractivity contribution >= 4 is 18.6 Å². The Balaban J connectivity index is 3.43. The second-order valence-electron chi connectivity index (χ2n) is 2.78. The number of benzene rings is 1. The van der Waals surface area contributed by atoms with Gasteiger partial charge in [0.1, 0.15) is 0 Å². The summed E-state index contributed by atoms with van der Waals surface area (Å²) in [5.41, 5.74) is 0.664. The van der Waals surface area contributed by atoms with Gasteiger partial charge in [-0.3, -0.25) is 0 Å². The van der Waals surface area contributed by atoms with E-state index >= 15 is 0 Å². The first-order valence-electron chi connectivity index (χ1n) is 4.09. The lowest BCUT2D eigenvalue weighted by molar-refractivity contribution is 0.0597. The minimum absolute atomic E-state index is 0.170. The van der Waals surface area contributed by atoms with Crippen LogP contribution in [0, 0.1) is 11.3 Å². The molecule has 0 atom stereocenters. The first-order chi connectivity index (χ1) is 7.13. The van der Waals surface area contributed by atoms with E-state index in [1.807, 2.05) is 6.07 Å². The van der Waals surface area contributed by atoms with Gasteiger partial charge in [0.2, 0.25) is 0 Å². The summed E-state index contributed by atoms with van der Waals surface area (Å²) >= 11 is 4.06. The molecule has 0 aliphatic carbocycles. The molecule has 0 amide bonds. The summed E-state index contributed by atoms with van der Waals surface area (Å²) in [6.45, 7) is -0.388. The average Bonchev–Trinajstić information content (AvgIpc) is 2.26. The second kappa shape index (κ2) is 4.82. The number of rotatable bonds is 2. The van der Waals surface area contributed by atoms with Gasteiger partial charge in [-0.2, -0.15) is 5.26 Å². The van der Waals surface area contributed by atoms with Crippen LogP contribution in [0.15, 0.2) is 17.0 Å². The number of aliphatic hydroxyl groups excluding tert-OH is 1. The van der Waals surface area contributed by atoms with Gasteiger partial charge in [-0.1, -0.05) is 0 Å². The monoisotopic (exact) mass is 223 g/mol. The topological polar surface area (TPSA) is 70.3 Å². The van der Waals surface area contributed by atoms with Gasteiger partial charge >= 0.3 is 5.97 Å². The van der Waals surface area contributed by atoms with Crippen molar-refractivity contribution in [1.29, 1.82) is 5.26 Å². The number of aliphatic hydroxyl groups is 1. The molecular formula is C10H9NO3S. The maximum atomic E-state index is 11.3. The molecule has 0 aliphatic heterocycles. The minimum Gasteiger partial charge on any atom is -0.465 e. The summed E-state index contributed by atoms with van der Waals surface area (Å²) in [7, 11) is 1.24. The summed E-state index contributed by atoms with van der Waals surface area (Å²) in [4.78, 5) is 11.8. The molecule has 0 unspecified atom stereocenters. The molecule has 0 radical (unpaired) electrons. The molecule has 0 aliphatic rings. The van der Waals surface area contributed by atoms with Crippen LogP contribution in [-0.4, -0.2) is 18.2 Å². The van der Waals surface area contributed by atoms with E-state index in [2.05, 4.69) is 17.4 Å². The summed E-state index contributed by atoms with van der Waals surface area (Å²) in [5.74, 6) is -0.591. The normalized spacial score (nSPS) is 9.47. The first kappa shape index (κ1) is 11.6. The number of nitriles is 1. The molecule has 15 heavy (non-hydrogen) atoms. The molecule has 78 valence electrons. The molecule has 0 bridgehead atoms. The third-order valence-corrected chi connectivity index (χ3v) is 2.18. The van der Waals surface area contributed by atoms with Crippen LogP contribution >= 0.6 is 12.6 Å². The number of carbonyl (C=O) groups excluding carboxylic acids is 1. The first-order valence-corrected chi connectivity index (χ1v) is 4.54. The highest BCUT2D eigenvalue weighted by Gasteiger charge is 2.15. The zero-order chi connectivity index (χ0) is 11.4. The van der Waals surface area contributed by atoms with Crippen LogP contribution in [0.3, 0.4) is 0 Å². The molecule has 0 saturated heterocycles. The average molecular weight is 223 g/mol. The fourth-order valence-corrected chi connectivity index (χ4v) is 1.48. The number of ether oxygens (including phenoxy) is 1. The molecule has 1 aromatic rings. The molecular weight excluding hydrogens is 214 g/mol. The van der Waals surface area contributed by atoms with Crippen LogP contribution in [0.2, 0.25) is 0 Å². The maximum absolute atomic E-state index is 11.3. The van der Waals surface area contributed by atoms with Gasteiger partial charge in [-0.05, 0) is 12.1 Å². The van der Waals surface area contributed by atoms with E-state index in [0.717, 1.165) is 0 Å². The molecule has 5 heteroatoms. The second-order valence-corrected chi connectivity index (χ2v) is 3.30. The van der Waals surface area contributed by atoms with E-state index < -0.39 is 5.97 Å². The third kappa shape index (κ3) is 2.29. The number of nitrogens with zero attached hydrogens (tertiary/aromatic N) is 1. The zero-order valence-corrected chi connectivity index (χ0v) is 8.91. The van der Waals surface area contributed by atoms with Gasteiger partial charge < -0.3 is 9.84 Å². The summed E-state index contributed by atoms with van der Waals surface area (Å²) in [6.07, 6.45) is 0. The highest BCUT2D eigenvalue weighted by atomic mass is 32.1. The quantitative estimate of drug-likeness (QED) is 0.582. The van der Waals surface area contributed by atoms with Gasteiger partial charge in [-0.15, -0.1) is 12.6 Å². The standard InChI is InChI=1S/C10H9NO3S/c1-14-10(13)8-3-7(15)2-6(4-11)9(8)5-12/h2-3,12,15H,5H2,1H3. The van der Waals surface area contributed by atoms with Crippen molar-refractivity contribution in [3.05, 3.63) is 28.8 Å². The van der Waals surface area contributed by atoms with Crippen molar-refractivity contribution in [2.24, 2.45) is 0 Å². The Morgan fingerprint density at radius 1 is 1.67 bits per heavy atom. The third-order valence-electron chi connectivity index (χ3n) is 1.92. The Labute approximate surface area is 92.5 Å². The summed E-state index contributed by atoms with van der Waals surface area (Å²) in [6, 6.07) is 4.84. The Hall–Kier alpha value is -1.51. The predicted molar refractivity (Wildman–Crippen MR) is 55.7 cm³/mol. The molecule has 0 heterocycles. The molecule has 1 rings (SSSR count). The van der Waals surface area contributed by atoms with Crippen molar-refractivity contribution in [2.75, 3.05) is 7.11 Å². The molecule has 0 saturated carbocycles. The van der Waals surface area contributed by atoms with Crippen LogP contribution in [0.5, 0.6) is 0 Å². The number of methoxy groups -OCH3 is 1. The van der Waals surface area contributed by atoms with Gasteiger partial charge in [0.25, 0.3) is 0 Å². The maximum Gasteiger partial charge on any atom is 0.338 e. The summed E-state index contributed by atoms with van der Waals surface area (Å²) < 4.78 is 4.54. The number of carbonyl (C=O) groups is 1. The van der Waals surface area contributed by atoms with E-state index in [1.54, 1.807) is 0 Å². The highest BCUT2D eigenvalue weighted by molar-refractivity contribution is 7.80. The van der Waals surface area contributed by atoms with E-state index in [0.29, 0.717) is 4.90 Å². The van der Waals surface area contributed by atoms with Crippen molar-refractivity contribution in [1.82, 2.24) is 0 Å². The Bertz CT molecular complexity index is 437. The van der Waals surface area contributed by atoms with E-state index in [1.165, 1.54) is 19.2 Å². The van der Waals surface area contributed by atoms with Crippen LogP contribution in [0.25, 0.3) is 0 Å². The lowest BCUT2D eigenvalue weighted by Gasteiger charge is -2.08. The van der Waals surface area contributed by atoms with Crippen LogP contribution in [0.1, 0.15) is 21.5 Å². The van der Waals surface area contributed by atoms with Gasteiger partial charge in [0, 0.05) is 10.5 Å². The van der Waals surface area contributed by atoms with Crippen molar-refractivity contribution in [3.8, 4) is 6.07 Å². The highest BCUT2D eigenvalue weighted by Crippen LogP contribution is 2.20. The Kier molecular flexibility index (Phi) is 3.72. The van der Waals surface area contributed by atoms with Crippen molar-refractivity contribution < 1.29 is 14.6 Å². The number of thiol groups is 1. The fourth-order valence-electron chi connectivity index (χ4n) is 1.22. The number of hydrogen-bond acceptors (Lipinski definition) is 5. The molecule has 1 N–H and O–H groups in total. The predicted octanol–water partition coefficient (Wildman–Crippen LogP) is 1.13. The van der Waals surface area contributed by atoms with E-state index in [9.17, 15) is 4.79 Å². The number of hydrogen-bond donors (Lipinski definition) is 2. The Morgan fingerprint density at radius 2 is 2.33 bits per heavy atom. The van der Waals surface area contributed by atoms with Crippen LogP contribution in [0.4, 0.5) is 0 Å². The van der Waals surface area contributed by atoms with E-state index in [-0.39, 0.29) is 23.3 Å². The van der Waals surface area contributed by atoms with Gasteiger partial charge in [0.15, 0.2) is 0 Å².